The Morgan fingerprint density at radius 1 is 1.02 bits per heavy atom. The molecule has 0 bridgehead atoms. The Labute approximate surface area is 296 Å². The van der Waals surface area contributed by atoms with E-state index in [1.54, 1.807) is 20.8 Å². The molecule has 52 heavy (non-hydrogen) atoms. The van der Waals surface area contributed by atoms with Gasteiger partial charge in [-0.25, -0.2) is 4.39 Å². The van der Waals surface area contributed by atoms with E-state index in [1.165, 1.54) is 18.2 Å². The van der Waals surface area contributed by atoms with Crippen molar-refractivity contribution >= 4 is 23.5 Å². The van der Waals surface area contributed by atoms with Gasteiger partial charge in [-0.2, -0.15) is 0 Å². The minimum absolute atomic E-state index is 0.114. The second kappa shape index (κ2) is 15.5. The molecule has 0 amide bonds. The average Bonchev–Trinajstić information content (AvgIpc) is 3.27. The second-order valence-electron chi connectivity index (χ2n) is 14.2. The van der Waals surface area contributed by atoms with Gasteiger partial charge in [-0.3, -0.25) is 19.2 Å². The number of hydrogen-bond acceptors (Lipinski definition) is 16. The van der Waals surface area contributed by atoms with Crippen molar-refractivity contribution in [1.29, 1.82) is 0 Å². The summed E-state index contributed by atoms with van der Waals surface area (Å²) in [5.74, 6) is -5.24. The maximum Gasteiger partial charge on any atom is 0.306 e. The molecule has 0 heterocycles. The molecule has 4 rings (SSSR count). The predicted octanol–water partition coefficient (Wildman–Crippen LogP) is 2.94. The lowest BCUT2D eigenvalue weighted by Gasteiger charge is -2.62. The van der Waals surface area contributed by atoms with Gasteiger partial charge >= 0.3 is 11.9 Å². The lowest BCUT2D eigenvalue weighted by atomic mass is 9.44. The molecule has 3 saturated carbocycles. The number of alkyl halides is 1. The van der Waals surface area contributed by atoms with Crippen LogP contribution in [0.5, 0.6) is 0 Å². The first kappa shape index (κ1) is 40.0. The Bertz CT molecular complexity index is 1540. The Hall–Kier alpha value is -4.75. The van der Waals surface area contributed by atoms with Crippen LogP contribution in [-0.2, 0) is 43.2 Å². The fourth-order valence-electron chi connectivity index (χ4n) is 9.22. The Morgan fingerprint density at radius 3 is 2.35 bits per heavy atom. The molecule has 3 fully saturated rings. The van der Waals surface area contributed by atoms with Gasteiger partial charge in [0.1, 0.15) is 12.7 Å². The molecule has 20 heteroatoms. The average molecular weight is 744 g/mol. The molecule has 0 spiro atoms. The van der Waals surface area contributed by atoms with Crippen molar-refractivity contribution in [2.24, 2.45) is 28.6 Å². The van der Waals surface area contributed by atoms with E-state index in [1.807, 2.05) is 0 Å². The zero-order valence-corrected chi connectivity index (χ0v) is 28.9. The van der Waals surface area contributed by atoms with Crippen LogP contribution in [0.2, 0.25) is 0 Å². The highest BCUT2D eigenvalue weighted by molar-refractivity contribution is 6.01. The van der Waals surface area contributed by atoms with Crippen LogP contribution in [0.25, 0.3) is 0 Å². The van der Waals surface area contributed by atoms with E-state index in [0.717, 1.165) is 0 Å². The van der Waals surface area contributed by atoms with Crippen molar-refractivity contribution in [2.45, 2.75) is 102 Å². The van der Waals surface area contributed by atoms with Crippen molar-refractivity contribution < 1.29 is 67.9 Å². The van der Waals surface area contributed by atoms with Crippen molar-refractivity contribution in [2.75, 3.05) is 19.8 Å². The lowest BCUT2D eigenvalue weighted by molar-refractivity contribution is -0.790. The minimum atomic E-state index is -2.25. The van der Waals surface area contributed by atoms with Gasteiger partial charge in [0.05, 0.1) is 12.7 Å². The molecular weight excluding hydrogens is 701 g/mol. The molecule has 0 aliphatic heterocycles. The lowest BCUT2D eigenvalue weighted by Crippen LogP contribution is -2.70. The number of nitrogens with zero attached hydrogens (tertiary/aromatic N) is 3. The maximum atomic E-state index is 17.7. The monoisotopic (exact) mass is 743 g/mol. The van der Waals surface area contributed by atoms with Crippen LogP contribution >= 0.6 is 0 Å². The van der Waals surface area contributed by atoms with E-state index in [0.29, 0.717) is 12.0 Å². The number of hydrogen-bond donors (Lipinski definition) is 1. The topological polar surface area (TPSA) is 264 Å². The Kier molecular flexibility index (Phi) is 11.9. The van der Waals surface area contributed by atoms with E-state index in [2.05, 4.69) is 14.5 Å². The summed E-state index contributed by atoms with van der Waals surface area (Å²) in [5.41, 5.74) is -6.47. The highest BCUT2D eigenvalue weighted by Gasteiger charge is 2.77. The SMILES string of the molecule is C[C@H]1CC2C3CCC4=CC(=O)C=C[C@]4(C)[C@@]3(F)[C@@H](O)C[C@]2(C)[C@@]1(OC(=O)CCCO[N+](=O)[O-])C(=O)COC(=O)CCCC(CO[N+](=O)[O-])O[N+](=O)[O-]. The third-order valence-electron chi connectivity index (χ3n) is 11.5. The first-order valence-corrected chi connectivity index (χ1v) is 16.9. The molecule has 0 aromatic rings. The van der Waals surface area contributed by atoms with Gasteiger partial charge in [-0.1, -0.05) is 25.5 Å². The smallest absolute Gasteiger partial charge is 0.306 e. The van der Waals surface area contributed by atoms with Crippen molar-refractivity contribution in [3.8, 4) is 0 Å². The second-order valence-corrected chi connectivity index (χ2v) is 14.2. The number of aliphatic hydroxyl groups excluding tert-OH is 1. The van der Waals surface area contributed by atoms with Crippen LogP contribution in [0.3, 0.4) is 0 Å². The van der Waals surface area contributed by atoms with Crippen molar-refractivity contribution in [3.63, 3.8) is 0 Å². The van der Waals surface area contributed by atoms with E-state index in [-0.39, 0.29) is 44.3 Å². The van der Waals surface area contributed by atoms with Crippen LogP contribution in [0.1, 0.15) is 78.6 Å². The molecule has 4 aliphatic carbocycles. The number of carbonyl (C=O) groups excluding carboxylic acids is 4. The van der Waals surface area contributed by atoms with E-state index in [4.69, 9.17) is 9.47 Å². The van der Waals surface area contributed by atoms with Crippen molar-refractivity contribution in [1.82, 2.24) is 0 Å². The molecule has 3 unspecified atom stereocenters. The highest BCUT2D eigenvalue weighted by atomic mass is 19.1. The van der Waals surface area contributed by atoms with Crippen LogP contribution in [0.15, 0.2) is 23.8 Å². The highest BCUT2D eigenvalue weighted by Crippen LogP contribution is 2.71. The molecule has 288 valence electrons. The molecule has 9 atom stereocenters. The van der Waals surface area contributed by atoms with Gasteiger partial charge in [-0.05, 0) is 69.9 Å². The molecule has 0 saturated heterocycles. The summed E-state index contributed by atoms with van der Waals surface area (Å²) in [5, 5.41) is 40.2. The van der Waals surface area contributed by atoms with Gasteiger partial charge in [0, 0.05) is 35.5 Å². The third kappa shape index (κ3) is 7.42. The van der Waals surface area contributed by atoms with Gasteiger partial charge in [0.15, 0.2) is 23.7 Å². The van der Waals surface area contributed by atoms with Crippen LogP contribution in [-0.4, -0.2) is 87.2 Å². The quantitative estimate of drug-likeness (QED) is 0.0915. The normalized spacial score (nSPS) is 33.6. The zero-order valence-electron chi connectivity index (χ0n) is 28.9. The van der Waals surface area contributed by atoms with E-state index < -0.39 is 118 Å². The first-order chi connectivity index (χ1) is 24.3. The summed E-state index contributed by atoms with van der Waals surface area (Å²) >= 11 is 0. The Morgan fingerprint density at radius 2 is 1.69 bits per heavy atom. The molecular formula is C32H42FN3O16. The number of ketones is 2. The summed E-state index contributed by atoms with van der Waals surface area (Å²) in [4.78, 5) is 97.1. The number of aliphatic hydroxyl groups is 1. The molecule has 0 aromatic heterocycles. The summed E-state index contributed by atoms with van der Waals surface area (Å²) in [7, 11) is 0. The van der Waals surface area contributed by atoms with E-state index >= 15 is 4.39 Å². The fourth-order valence-corrected chi connectivity index (χ4v) is 9.22. The summed E-state index contributed by atoms with van der Waals surface area (Å²) in [6.45, 7) is 2.78. The number of ether oxygens (including phenoxy) is 2. The number of Topliss-reactive ketones (excluding diaryl/α,β-unsaturated/α-hetero) is 1. The Balaban J connectivity index is 1.57. The number of allylic oxidation sites excluding steroid dienone is 4. The number of carbonyl (C=O) groups is 4. The van der Waals surface area contributed by atoms with Crippen LogP contribution in [0, 0.1) is 58.9 Å². The van der Waals surface area contributed by atoms with Crippen molar-refractivity contribution in [3.05, 3.63) is 54.1 Å². The van der Waals surface area contributed by atoms with Crippen LogP contribution in [0.4, 0.5) is 4.39 Å². The van der Waals surface area contributed by atoms with Gasteiger partial charge in [0.2, 0.25) is 5.78 Å². The maximum absolute atomic E-state index is 17.7. The zero-order chi connectivity index (χ0) is 38.6. The van der Waals surface area contributed by atoms with Gasteiger partial charge in [-0.15, -0.1) is 30.3 Å². The van der Waals surface area contributed by atoms with Gasteiger partial charge < -0.3 is 29.1 Å². The molecule has 19 nitrogen and oxygen atoms in total. The molecule has 4 aliphatic rings. The largest absolute Gasteiger partial charge is 0.457 e. The number of halogens is 1. The molecule has 0 aromatic carbocycles. The molecule has 1 N–H and O–H groups in total. The number of fused-ring (bicyclic) bond motifs is 5. The number of rotatable bonds is 18. The minimum Gasteiger partial charge on any atom is -0.457 e. The molecule has 0 radical (unpaired) electrons. The van der Waals surface area contributed by atoms with E-state index in [9.17, 15) is 54.6 Å². The summed E-state index contributed by atoms with van der Waals surface area (Å²) in [6.07, 6.45) is 0.215. The fraction of sp³-hybridized carbons (Fsp3) is 0.750. The predicted molar refractivity (Wildman–Crippen MR) is 169 cm³/mol. The van der Waals surface area contributed by atoms with Crippen LogP contribution < -0.4 is 0 Å². The van der Waals surface area contributed by atoms with Gasteiger partial charge in [0.25, 0.3) is 15.3 Å². The number of esters is 2. The first-order valence-electron chi connectivity index (χ1n) is 16.9. The third-order valence-corrected chi connectivity index (χ3v) is 11.5. The standard InChI is InChI=1S/C32H42FN3O16/c1-19-14-24-23-10-9-20-15-21(37)11-12-29(20,2)31(23,33)25(38)16-30(24,3)32(19,51-28(41)8-5-13-49-34(42)43)26(39)18-48-27(40)7-4-6-22(52-36(46)47)17-50-35(44)45/h11-12,15,19,22-25,38H,4-10,13-14,16-18H2,1-3H3/t19-,22?,23?,24?,25-,29-,30-,31-,32-/m0/s1. The summed E-state index contributed by atoms with van der Waals surface area (Å²) in [6, 6.07) is 0. The summed E-state index contributed by atoms with van der Waals surface area (Å²) < 4.78 is 29.0.